The van der Waals surface area contributed by atoms with Gasteiger partial charge < -0.3 is 21.3 Å². The van der Waals surface area contributed by atoms with E-state index in [0.717, 1.165) is 11.5 Å². The van der Waals surface area contributed by atoms with Crippen LogP contribution in [-0.4, -0.2) is 52.8 Å². The summed E-state index contributed by atoms with van der Waals surface area (Å²) < 4.78 is 0. The zero-order chi connectivity index (χ0) is 29.0. The summed E-state index contributed by atoms with van der Waals surface area (Å²) in [7, 11) is 0. The molecule has 8 nitrogen and oxygen atoms in total. The van der Waals surface area contributed by atoms with Crippen LogP contribution in [0.25, 0.3) is 0 Å². The van der Waals surface area contributed by atoms with Crippen molar-refractivity contribution in [2.24, 2.45) is 11.8 Å². The van der Waals surface area contributed by atoms with E-state index in [1.165, 1.54) is 11.1 Å². The molecule has 1 aliphatic heterocycles. The average molecular weight is 667 g/mol. The first kappa shape index (κ1) is 36.9. The monoisotopic (exact) mass is 666 g/mol. The smallest absolute Gasteiger partial charge is 0.245 e. The zero-order valence-electron chi connectivity index (χ0n) is 24.7. The summed E-state index contributed by atoms with van der Waals surface area (Å²) in [4.78, 5) is 52.3. The van der Waals surface area contributed by atoms with Gasteiger partial charge in [0.25, 0.3) is 0 Å². The molecule has 3 atom stereocenters. The molecule has 0 saturated heterocycles. The second-order valence-corrected chi connectivity index (χ2v) is 13.2. The van der Waals surface area contributed by atoms with Crippen LogP contribution in [0.5, 0.6) is 0 Å². The maximum absolute atomic E-state index is 13.4. The first-order valence-electron chi connectivity index (χ1n) is 13.7. The van der Waals surface area contributed by atoms with Crippen molar-refractivity contribution >= 4 is 47.2 Å². The second kappa shape index (κ2) is 18.4. The van der Waals surface area contributed by atoms with Gasteiger partial charge in [-0.3, -0.25) is 19.2 Å². The van der Waals surface area contributed by atoms with E-state index in [2.05, 4.69) is 39.5 Å². The fourth-order valence-electron chi connectivity index (χ4n) is 4.10. The normalized spacial score (nSPS) is 22.8. The number of amides is 4. The Hall–Kier alpha value is -1.10. The van der Waals surface area contributed by atoms with Gasteiger partial charge in [0.2, 0.25) is 23.6 Å². The summed E-state index contributed by atoms with van der Waals surface area (Å²) in [5, 5.41) is 11.4. The maximum Gasteiger partial charge on any atom is 0.245 e. The van der Waals surface area contributed by atoms with E-state index in [-0.39, 0.29) is 62.8 Å². The summed E-state index contributed by atoms with van der Waals surface area (Å²) >= 11 is 3.36. The average Bonchev–Trinajstić information content (AvgIpc) is 2.87. The van der Waals surface area contributed by atoms with Gasteiger partial charge in [-0.15, -0.1) is 5.75 Å². The van der Waals surface area contributed by atoms with Gasteiger partial charge in [0.1, 0.15) is 17.6 Å². The Morgan fingerprint density at radius 1 is 1.00 bits per heavy atom. The molecule has 40 heavy (non-hydrogen) atoms. The van der Waals surface area contributed by atoms with Gasteiger partial charge in [0.05, 0.1) is 0 Å². The van der Waals surface area contributed by atoms with E-state index in [0.29, 0.717) is 24.3 Å². The minimum Gasteiger partial charge on any atom is -0.503 e. The number of carbonyl (C=O) groups excluding carboxylic acids is 4. The molecule has 0 fully saturated rings. The van der Waals surface area contributed by atoms with Crippen LogP contribution in [0.3, 0.4) is 0 Å². The Morgan fingerprint density at radius 2 is 1.65 bits per heavy atom. The summed E-state index contributed by atoms with van der Waals surface area (Å²) in [6, 6.07) is 6.79. The minimum atomic E-state index is -1.21. The van der Waals surface area contributed by atoms with E-state index >= 15 is 0 Å². The molecule has 1 aromatic rings. The SMILES string of the molecule is CC[C@H](C)[C@@H]1NC(=O)[C@H](CC(C)C)NC(=O)C(C)(C)NC(=O)CCSCc2cccc(c2)CSC[CH-]NC1=O.[Y]. The van der Waals surface area contributed by atoms with Crippen LogP contribution in [0.1, 0.15) is 71.9 Å². The van der Waals surface area contributed by atoms with Crippen molar-refractivity contribution in [3.8, 4) is 0 Å². The summed E-state index contributed by atoms with van der Waals surface area (Å²) in [5.41, 5.74) is 1.19. The van der Waals surface area contributed by atoms with E-state index in [1.807, 2.05) is 33.8 Å². The summed E-state index contributed by atoms with van der Waals surface area (Å²) in [6.45, 7) is 12.8. The third kappa shape index (κ3) is 12.8. The number of rotatable bonds is 4. The minimum absolute atomic E-state index is 0. The Bertz CT molecular complexity index is 993. The van der Waals surface area contributed by atoms with Crippen molar-refractivity contribution in [2.75, 3.05) is 11.5 Å². The Labute approximate surface area is 273 Å². The number of benzene rings is 1. The molecule has 11 heteroatoms. The van der Waals surface area contributed by atoms with Crippen LogP contribution in [0, 0.1) is 18.4 Å². The van der Waals surface area contributed by atoms with Gasteiger partial charge in [-0.25, -0.2) is 6.54 Å². The number of nitrogens with one attached hydrogen (secondary N) is 4. The fourth-order valence-corrected chi connectivity index (χ4v) is 5.72. The molecule has 0 unspecified atom stereocenters. The summed E-state index contributed by atoms with van der Waals surface area (Å²) in [5.74, 6) is 1.53. The van der Waals surface area contributed by atoms with Gasteiger partial charge in [0, 0.05) is 56.4 Å². The molecular weight excluding hydrogens is 621 g/mol. The van der Waals surface area contributed by atoms with Crippen molar-refractivity contribution < 1.29 is 51.9 Å². The molecule has 4 N–H and O–H groups in total. The standard InChI is InChI=1S/C29H45N4O4S2.Y/c1-7-20(4)25-27(36)30-12-14-39-18-22-10-8-9-21(16-22)17-38-13-11-24(34)33-29(5,6)28(37)31-23(15-19(2)3)26(35)32-25;/h8-10,12,16,19-20,23,25H,7,11,13-15,17-18H2,1-6H3,(H,30,36)(H,31,37)(H,32,35)(H,33,34);/q-1;/t20-,23-,25-;/m0./s1. The van der Waals surface area contributed by atoms with Crippen LogP contribution in [0.15, 0.2) is 24.3 Å². The van der Waals surface area contributed by atoms with Gasteiger partial charge in [-0.2, -0.15) is 23.5 Å². The molecule has 1 radical (unpaired) electrons. The van der Waals surface area contributed by atoms with E-state index in [4.69, 9.17) is 0 Å². The van der Waals surface area contributed by atoms with E-state index in [1.54, 1.807) is 43.9 Å². The third-order valence-electron chi connectivity index (χ3n) is 6.59. The van der Waals surface area contributed by atoms with Crippen molar-refractivity contribution in [1.29, 1.82) is 0 Å². The molecule has 1 heterocycles. The van der Waals surface area contributed by atoms with Crippen molar-refractivity contribution in [3.63, 3.8) is 0 Å². The van der Waals surface area contributed by atoms with E-state index < -0.39 is 29.4 Å². The maximum atomic E-state index is 13.4. The first-order chi connectivity index (χ1) is 18.4. The van der Waals surface area contributed by atoms with Crippen LogP contribution < -0.4 is 21.3 Å². The predicted octanol–water partition coefficient (Wildman–Crippen LogP) is 3.79. The van der Waals surface area contributed by atoms with Crippen LogP contribution in [0.2, 0.25) is 0 Å². The predicted molar refractivity (Wildman–Crippen MR) is 161 cm³/mol. The largest absolute Gasteiger partial charge is 0.503 e. The van der Waals surface area contributed by atoms with Gasteiger partial charge in [-0.1, -0.05) is 58.4 Å². The molecule has 221 valence electrons. The van der Waals surface area contributed by atoms with E-state index in [9.17, 15) is 19.2 Å². The third-order valence-corrected chi connectivity index (χ3v) is 8.56. The molecule has 0 saturated carbocycles. The quantitative estimate of drug-likeness (QED) is 0.364. The number of carbonyl (C=O) groups is 4. The van der Waals surface area contributed by atoms with Crippen molar-refractivity contribution in [3.05, 3.63) is 41.9 Å². The Kier molecular flexibility index (Phi) is 17.0. The van der Waals surface area contributed by atoms with Gasteiger partial charge >= 0.3 is 0 Å². The van der Waals surface area contributed by atoms with Crippen LogP contribution in [-0.2, 0) is 63.4 Å². The molecule has 1 aliphatic rings. The Balaban J connectivity index is 0.00000800. The zero-order valence-corrected chi connectivity index (χ0v) is 29.1. The number of thioether (sulfide) groups is 2. The fraction of sp³-hybridized carbons (Fsp3) is 0.621. The number of fused-ring (bicyclic) bond motifs is 2. The molecule has 4 amide bonds. The molecule has 1 aromatic carbocycles. The second-order valence-electron chi connectivity index (χ2n) is 11.1. The molecule has 2 bridgehead atoms. The van der Waals surface area contributed by atoms with Gasteiger partial charge in [0.15, 0.2) is 0 Å². The molecule has 2 rings (SSSR count). The molecule has 0 aromatic heterocycles. The van der Waals surface area contributed by atoms with Crippen molar-refractivity contribution in [2.45, 2.75) is 89.9 Å². The van der Waals surface area contributed by atoms with Crippen LogP contribution in [0.4, 0.5) is 0 Å². The number of hydrogen-bond donors (Lipinski definition) is 4. The topological polar surface area (TPSA) is 116 Å². The summed E-state index contributed by atoms with van der Waals surface area (Å²) in [6.07, 6.45) is 1.38. The Morgan fingerprint density at radius 3 is 2.27 bits per heavy atom. The van der Waals surface area contributed by atoms with Crippen LogP contribution >= 0.6 is 23.5 Å². The first-order valence-corrected chi connectivity index (χ1v) is 16.0. The molecule has 0 spiro atoms. The molecule has 0 aliphatic carbocycles. The van der Waals surface area contributed by atoms with Gasteiger partial charge in [-0.05, 0) is 43.2 Å². The molecular formula is C29H45N4O4S2Y-. The number of hydrogen-bond acceptors (Lipinski definition) is 6. The van der Waals surface area contributed by atoms with Crippen molar-refractivity contribution in [1.82, 2.24) is 21.3 Å².